The smallest absolute Gasteiger partial charge is 0.167 e. The van der Waals surface area contributed by atoms with Crippen LogP contribution in [0.2, 0.25) is 0 Å². The molecule has 0 saturated carbocycles. The van der Waals surface area contributed by atoms with Crippen molar-refractivity contribution in [1.82, 2.24) is 4.90 Å². The Morgan fingerprint density at radius 2 is 1.88 bits per heavy atom. The van der Waals surface area contributed by atoms with Crippen molar-refractivity contribution >= 4 is 12.4 Å². The van der Waals surface area contributed by atoms with E-state index in [0.29, 0.717) is 11.8 Å². The molecule has 140 valence electrons. The van der Waals surface area contributed by atoms with Crippen molar-refractivity contribution in [3.63, 3.8) is 0 Å². The molecule has 0 aromatic heterocycles. The van der Waals surface area contributed by atoms with Crippen LogP contribution in [0, 0.1) is 12.8 Å². The quantitative estimate of drug-likeness (QED) is 0.806. The Kier molecular flexibility index (Phi) is 5.64. The molecule has 2 aromatic rings. The van der Waals surface area contributed by atoms with Crippen LogP contribution in [0.25, 0.3) is 0 Å². The van der Waals surface area contributed by atoms with E-state index in [2.05, 4.69) is 41.3 Å². The van der Waals surface area contributed by atoms with Gasteiger partial charge in [0.1, 0.15) is 5.75 Å². The SMILES string of the molecule is COc1cc2c(c(OC)c1C)OC[C@H]1CN(Cc3ccccc3)C[C@H]21.Cl. The Balaban J connectivity index is 0.00000196. The van der Waals surface area contributed by atoms with E-state index in [4.69, 9.17) is 14.2 Å². The molecule has 2 aliphatic rings. The molecular weight excluding hydrogens is 350 g/mol. The second kappa shape index (κ2) is 7.77. The van der Waals surface area contributed by atoms with Gasteiger partial charge in [-0.05, 0) is 18.6 Å². The van der Waals surface area contributed by atoms with E-state index < -0.39 is 0 Å². The third kappa shape index (κ3) is 3.24. The summed E-state index contributed by atoms with van der Waals surface area (Å²) < 4.78 is 17.3. The summed E-state index contributed by atoms with van der Waals surface area (Å²) in [5, 5.41) is 0. The molecule has 1 saturated heterocycles. The van der Waals surface area contributed by atoms with Crippen LogP contribution in [0.15, 0.2) is 36.4 Å². The molecule has 0 spiro atoms. The summed E-state index contributed by atoms with van der Waals surface area (Å²) in [6.07, 6.45) is 0. The summed E-state index contributed by atoms with van der Waals surface area (Å²) in [5.74, 6) is 3.59. The van der Waals surface area contributed by atoms with Crippen molar-refractivity contribution < 1.29 is 14.2 Å². The van der Waals surface area contributed by atoms with Gasteiger partial charge in [-0.25, -0.2) is 0 Å². The zero-order valence-electron chi connectivity index (χ0n) is 15.5. The summed E-state index contributed by atoms with van der Waals surface area (Å²) in [5.41, 5.74) is 3.59. The van der Waals surface area contributed by atoms with Crippen LogP contribution in [0.3, 0.4) is 0 Å². The number of hydrogen-bond donors (Lipinski definition) is 0. The first-order valence-corrected chi connectivity index (χ1v) is 8.85. The topological polar surface area (TPSA) is 30.9 Å². The molecule has 4 rings (SSSR count). The molecule has 2 aromatic carbocycles. The van der Waals surface area contributed by atoms with Crippen molar-refractivity contribution in [3.8, 4) is 17.2 Å². The number of fused-ring (bicyclic) bond motifs is 3. The van der Waals surface area contributed by atoms with E-state index in [1.165, 1.54) is 11.1 Å². The Bertz CT molecular complexity index is 766. The van der Waals surface area contributed by atoms with Gasteiger partial charge in [-0.1, -0.05) is 30.3 Å². The van der Waals surface area contributed by atoms with Gasteiger partial charge in [-0.15, -0.1) is 12.4 Å². The molecule has 0 unspecified atom stereocenters. The fourth-order valence-corrected chi connectivity index (χ4v) is 4.25. The number of benzene rings is 2. The normalized spacial score (nSPS) is 21.2. The molecule has 0 amide bonds. The number of rotatable bonds is 4. The van der Waals surface area contributed by atoms with Gasteiger partial charge in [0.15, 0.2) is 11.5 Å². The van der Waals surface area contributed by atoms with Gasteiger partial charge in [-0.2, -0.15) is 0 Å². The van der Waals surface area contributed by atoms with E-state index in [1.807, 2.05) is 6.92 Å². The van der Waals surface area contributed by atoms with E-state index in [1.54, 1.807) is 14.2 Å². The molecule has 0 aliphatic carbocycles. The minimum absolute atomic E-state index is 0. The van der Waals surface area contributed by atoms with Gasteiger partial charge >= 0.3 is 0 Å². The Hall–Kier alpha value is -1.91. The fraction of sp³-hybridized carbons (Fsp3) is 0.429. The minimum atomic E-state index is 0. The van der Waals surface area contributed by atoms with E-state index in [9.17, 15) is 0 Å². The highest BCUT2D eigenvalue weighted by molar-refractivity contribution is 5.85. The molecule has 5 heteroatoms. The predicted molar refractivity (Wildman–Crippen MR) is 105 cm³/mol. The number of nitrogens with zero attached hydrogens (tertiary/aromatic N) is 1. The molecule has 0 bridgehead atoms. The first kappa shape index (κ1) is 18.9. The van der Waals surface area contributed by atoms with Crippen molar-refractivity contribution in [3.05, 3.63) is 53.1 Å². The molecule has 4 nitrogen and oxygen atoms in total. The second-order valence-corrected chi connectivity index (χ2v) is 7.01. The monoisotopic (exact) mass is 375 g/mol. The summed E-state index contributed by atoms with van der Waals surface area (Å²) in [6.45, 7) is 5.88. The van der Waals surface area contributed by atoms with Gasteiger partial charge < -0.3 is 14.2 Å². The van der Waals surface area contributed by atoms with Crippen LogP contribution in [0.1, 0.15) is 22.6 Å². The third-order valence-corrected chi connectivity index (χ3v) is 5.50. The van der Waals surface area contributed by atoms with Crippen molar-refractivity contribution in [1.29, 1.82) is 0 Å². The molecular formula is C21H26ClNO3. The predicted octanol–water partition coefficient (Wildman–Crippen LogP) is 4.04. The highest BCUT2D eigenvalue weighted by atomic mass is 35.5. The third-order valence-electron chi connectivity index (χ3n) is 5.50. The summed E-state index contributed by atoms with van der Waals surface area (Å²) >= 11 is 0. The maximum atomic E-state index is 6.13. The average molecular weight is 376 g/mol. The molecule has 1 fully saturated rings. The lowest BCUT2D eigenvalue weighted by Crippen LogP contribution is -2.25. The van der Waals surface area contributed by atoms with Crippen LogP contribution in [-0.2, 0) is 6.54 Å². The minimum Gasteiger partial charge on any atom is -0.496 e. The summed E-state index contributed by atoms with van der Waals surface area (Å²) in [6, 6.07) is 12.8. The second-order valence-electron chi connectivity index (χ2n) is 7.01. The lowest BCUT2D eigenvalue weighted by Gasteiger charge is -2.30. The zero-order chi connectivity index (χ0) is 17.4. The summed E-state index contributed by atoms with van der Waals surface area (Å²) in [4.78, 5) is 2.53. The first-order chi connectivity index (χ1) is 12.2. The maximum absolute atomic E-state index is 6.13. The number of halogens is 1. The number of likely N-dealkylation sites (tertiary alicyclic amines) is 1. The highest BCUT2D eigenvalue weighted by Gasteiger charge is 2.40. The van der Waals surface area contributed by atoms with Crippen LogP contribution in [0.4, 0.5) is 0 Å². The lowest BCUT2D eigenvalue weighted by molar-refractivity contribution is 0.202. The van der Waals surface area contributed by atoms with Gasteiger partial charge in [0, 0.05) is 42.6 Å². The van der Waals surface area contributed by atoms with Crippen molar-refractivity contribution in [2.24, 2.45) is 5.92 Å². The van der Waals surface area contributed by atoms with Crippen molar-refractivity contribution in [2.45, 2.75) is 19.4 Å². The van der Waals surface area contributed by atoms with Gasteiger partial charge in [-0.3, -0.25) is 4.90 Å². The van der Waals surface area contributed by atoms with E-state index in [0.717, 1.165) is 49.1 Å². The summed E-state index contributed by atoms with van der Waals surface area (Å²) in [7, 11) is 3.42. The van der Waals surface area contributed by atoms with Gasteiger partial charge in [0.05, 0.1) is 20.8 Å². The number of ether oxygens (including phenoxy) is 3. The first-order valence-electron chi connectivity index (χ1n) is 8.85. The Morgan fingerprint density at radius 1 is 1.12 bits per heavy atom. The molecule has 2 atom stereocenters. The standard InChI is InChI=1S/C21H25NO3.ClH/c1-14-19(23-2)9-17-18-12-22(10-15-7-5-4-6-8-15)11-16(18)13-25-21(17)20(14)24-3;/h4-9,16,18H,10-13H2,1-3H3;1H/t16-,18+;/m1./s1. The van der Waals surface area contributed by atoms with Crippen LogP contribution >= 0.6 is 12.4 Å². The Morgan fingerprint density at radius 3 is 2.58 bits per heavy atom. The Labute approximate surface area is 161 Å². The van der Waals surface area contributed by atoms with Gasteiger partial charge in [0.2, 0.25) is 0 Å². The van der Waals surface area contributed by atoms with Crippen LogP contribution in [0.5, 0.6) is 17.2 Å². The largest absolute Gasteiger partial charge is 0.496 e. The average Bonchev–Trinajstić information content (AvgIpc) is 3.04. The highest BCUT2D eigenvalue weighted by Crippen LogP contribution is 2.49. The molecule has 0 radical (unpaired) electrons. The maximum Gasteiger partial charge on any atom is 0.167 e. The van der Waals surface area contributed by atoms with E-state index in [-0.39, 0.29) is 12.4 Å². The van der Waals surface area contributed by atoms with E-state index >= 15 is 0 Å². The van der Waals surface area contributed by atoms with Crippen LogP contribution in [-0.4, -0.2) is 38.8 Å². The molecule has 26 heavy (non-hydrogen) atoms. The van der Waals surface area contributed by atoms with Crippen LogP contribution < -0.4 is 14.2 Å². The lowest BCUT2D eigenvalue weighted by atomic mass is 9.86. The molecule has 0 N–H and O–H groups in total. The molecule has 2 aliphatic heterocycles. The van der Waals surface area contributed by atoms with Crippen molar-refractivity contribution in [2.75, 3.05) is 33.9 Å². The number of hydrogen-bond acceptors (Lipinski definition) is 4. The fourth-order valence-electron chi connectivity index (χ4n) is 4.25. The zero-order valence-corrected chi connectivity index (χ0v) is 16.3. The molecule has 2 heterocycles. The number of methoxy groups -OCH3 is 2. The van der Waals surface area contributed by atoms with Gasteiger partial charge in [0.25, 0.3) is 0 Å².